The number of rotatable bonds is 7. The number of carbonyl (C=O) groups is 2. The van der Waals surface area contributed by atoms with Crippen LogP contribution in [0.1, 0.15) is 25.3 Å². The van der Waals surface area contributed by atoms with Gasteiger partial charge in [-0.2, -0.15) is 11.8 Å². The van der Waals surface area contributed by atoms with Crippen LogP contribution in [0, 0.1) is 0 Å². The predicted octanol–water partition coefficient (Wildman–Crippen LogP) is 2.30. The molecular formula is C15H22N2O3S. The average Bonchev–Trinajstić information content (AvgIpc) is 2.46. The van der Waals surface area contributed by atoms with Crippen LogP contribution in [0.5, 0.6) is 0 Å². The Morgan fingerprint density at radius 2 is 1.86 bits per heavy atom. The fraction of sp³-hybridized carbons (Fsp3) is 0.467. The highest BCUT2D eigenvalue weighted by atomic mass is 32.2. The van der Waals surface area contributed by atoms with Crippen molar-refractivity contribution < 1.29 is 14.7 Å². The quantitative estimate of drug-likeness (QED) is 0.722. The molecule has 21 heavy (non-hydrogen) atoms. The number of amides is 2. The number of carbonyl (C=O) groups excluding carboxylic acids is 1. The van der Waals surface area contributed by atoms with Crippen LogP contribution in [0.15, 0.2) is 30.3 Å². The Balaban J connectivity index is 2.51. The van der Waals surface area contributed by atoms with E-state index in [0.717, 1.165) is 0 Å². The van der Waals surface area contributed by atoms with E-state index in [0.29, 0.717) is 12.1 Å². The van der Waals surface area contributed by atoms with Gasteiger partial charge in [-0.05, 0) is 25.7 Å². The molecule has 1 aromatic rings. The van der Waals surface area contributed by atoms with Crippen molar-refractivity contribution in [3.8, 4) is 0 Å². The first kappa shape index (κ1) is 17.4. The van der Waals surface area contributed by atoms with E-state index in [2.05, 4.69) is 10.6 Å². The third kappa shape index (κ3) is 6.08. The van der Waals surface area contributed by atoms with Gasteiger partial charge in [0, 0.05) is 17.8 Å². The summed E-state index contributed by atoms with van der Waals surface area (Å²) >= 11 is 1.66. The van der Waals surface area contributed by atoms with Gasteiger partial charge in [-0.3, -0.25) is 4.79 Å². The van der Waals surface area contributed by atoms with E-state index >= 15 is 0 Å². The zero-order valence-corrected chi connectivity index (χ0v) is 13.4. The zero-order chi connectivity index (χ0) is 15.9. The molecule has 0 bridgehead atoms. The van der Waals surface area contributed by atoms with Crippen LogP contribution in [-0.4, -0.2) is 41.2 Å². The van der Waals surface area contributed by atoms with Crippen molar-refractivity contribution in [3.63, 3.8) is 0 Å². The first-order chi connectivity index (χ1) is 9.85. The molecular weight excluding hydrogens is 288 g/mol. The number of hydrogen-bond acceptors (Lipinski definition) is 3. The van der Waals surface area contributed by atoms with Gasteiger partial charge < -0.3 is 15.7 Å². The molecule has 1 atom stereocenters. The summed E-state index contributed by atoms with van der Waals surface area (Å²) in [5.74, 6) is -1.70. The van der Waals surface area contributed by atoms with E-state index in [-0.39, 0.29) is 17.3 Å². The van der Waals surface area contributed by atoms with Crippen molar-refractivity contribution in [2.24, 2.45) is 0 Å². The van der Waals surface area contributed by atoms with Crippen molar-refractivity contribution in [3.05, 3.63) is 35.9 Å². The maximum atomic E-state index is 11.7. The van der Waals surface area contributed by atoms with Gasteiger partial charge in [0.15, 0.2) is 0 Å². The Morgan fingerprint density at radius 3 is 2.38 bits per heavy atom. The molecule has 0 aliphatic carbocycles. The minimum absolute atomic E-state index is 0.0526. The van der Waals surface area contributed by atoms with Gasteiger partial charge in [-0.15, -0.1) is 0 Å². The van der Waals surface area contributed by atoms with Crippen molar-refractivity contribution in [2.45, 2.75) is 24.5 Å². The minimum atomic E-state index is -0.953. The van der Waals surface area contributed by atoms with E-state index < -0.39 is 11.9 Å². The summed E-state index contributed by atoms with van der Waals surface area (Å²) in [6.45, 7) is 4.64. The lowest BCUT2D eigenvalue weighted by Gasteiger charge is -2.22. The van der Waals surface area contributed by atoms with E-state index in [4.69, 9.17) is 0 Å². The van der Waals surface area contributed by atoms with Crippen LogP contribution in [0.25, 0.3) is 0 Å². The Kier molecular flexibility index (Phi) is 6.55. The Bertz CT molecular complexity index is 477. The Morgan fingerprint density at radius 1 is 1.24 bits per heavy atom. The summed E-state index contributed by atoms with van der Waals surface area (Å²) in [6, 6.07) is 8.54. The third-order valence-electron chi connectivity index (χ3n) is 3.19. The molecule has 1 aromatic carbocycles. The van der Waals surface area contributed by atoms with Crippen LogP contribution in [0.3, 0.4) is 0 Å². The molecule has 1 rings (SSSR count). The van der Waals surface area contributed by atoms with Gasteiger partial charge in [0.05, 0.1) is 5.92 Å². The topological polar surface area (TPSA) is 78.4 Å². The van der Waals surface area contributed by atoms with Crippen molar-refractivity contribution in [1.29, 1.82) is 0 Å². The molecule has 0 saturated heterocycles. The summed E-state index contributed by atoms with van der Waals surface area (Å²) in [5, 5.41) is 14.6. The number of thioether (sulfide) groups is 1. The largest absolute Gasteiger partial charge is 0.481 e. The fourth-order valence-electron chi connectivity index (χ4n) is 1.66. The van der Waals surface area contributed by atoms with Crippen LogP contribution in [-0.2, 0) is 4.79 Å². The number of carboxylic acid groups (broad SMARTS) is 1. The van der Waals surface area contributed by atoms with Crippen molar-refractivity contribution >= 4 is 23.8 Å². The highest BCUT2D eigenvalue weighted by Gasteiger charge is 2.21. The standard InChI is InChI=1S/C15H22N2O3S/c1-15(2,21-3)10-17-14(20)16-9-12(13(18)19)11-7-5-4-6-8-11/h4-8,12H,9-10H2,1-3H3,(H,18,19)(H2,16,17,20). The lowest BCUT2D eigenvalue weighted by atomic mass is 9.99. The number of carboxylic acids is 1. The molecule has 5 nitrogen and oxygen atoms in total. The molecule has 0 saturated carbocycles. The second-order valence-electron chi connectivity index (χ2n) is 5.33. The number of benzene rings is 1. The van der Waals surface area contributed by atoms with Gasteiger partial charge in [0.1, 0.15) is 0 Å². The summed E-state index contributed by atoms with van der Waals surface area (Å²) in [5.41, 5.74) is 0.676. The molecule has 0 heterocycles. The fourth-order valence-corrected chi connectivity index (χ4v) is 1.87. The molecule has 1 unspecified atom stereocenters. The van der Waals surface area contributed by atoms with Gasteiger partial charge >= 0.3 is 12.0 Å². The summed E-state index contributed by atoms with van der Waals surface area (Å²) in [4.78, 5) is 23.0. The summed E-state index contributed by atoms with van der Waals surface area (Å²) in [6.07, 6.45) is 1.98. The van der Waals surface area contributed by atoms with E-state index in [1.807, 2.05) is 26.2 Å². The van der Waals surface area contributed by atoms with Crippen molar-refractivity contribution in [1.82, 2.24) is 10.6 Å². The highest BCUT2D eigenvalue weighted by molar-refractivity contribution is 7.99. The molecule has 3 N–H and O–H groups in total. The van der Waals surface area contributed by atoms with Crippen LogP contribution < -0.4 is 10.6 Å². The zero-order valence-electron chi connectivity index (χ0n) is 12.6. The highest BCUT2D eigenvalue weighted by Crippen LogP contribution is 2.19. The number of aliphatic carboxylic acids is 1. The van der Waals surface area contributed by atoms with Crippen molar-refractivity contribution in [2.75, 3.05) is 19.3 Å². The molecule has 0 radical (unpaired) electrons. The molecule has 6 heteroatoms. The first-order valence-corrected chi connectivity index (χ1v) is 7.93. The Labute approximate surface area is 129 Å². The lowest BCUT2D eigenvalue weighted by Crippen LogP contribution is -2.43. The van der Waals surface area contributed by atoms with Crippen LogP contribution >= 0.6 is 11.8 Å². The van der Waals surface area contributed by atoms with E-state index in [1.165, 1.54) is 0 Å². The molecule has 0 aliphatic rings. The second-order valence-corrected chi connectivity index (χ2v) is 6.84. The summed E-state index contributed by atoms with van der Waals surface area (Å²) < 4.78 is -0.0526. The molecule has 116 valence electrons. The monoisotopic (exact) mass is 310 g/mol. The van der Waals surface area contributed by atoms with Crippen LogP contribution in [0.4, 0.5) is 4.79 Å². The SMILES string of the molecule is CSC(C)(C)CNC(=O)NCC(C(=O)O)c1ccccc1. The third-order valence-corrected chi connectivity index (χ3v) is 4.44. The molecule has 0 aromatic heterocycles. The smallest absolute Gasteiger partial charge is 0.314 e. The van der Waals surface area contributed by atoms with Gasteiger partial charge in [-0.25, -0.2) is 4.79 Å². The van der Waals surface area contributed by atoms with Gasteiger partial charge in [0.25, 0.3) is 0 Å². The number of hydrogen-bond donors (Lipinski definition) is 3. The second kappa shape index (κ2) is 7.93. The summed E-state index contributed by atoms with van der Waals surface area (Å²) in [7, 11) is 0. The lowest BCUT2D eigenvalue weighted by molar-refractivity contribution is -0.138. The maximum Gasteiger partial charge on any atom is 0.314 e. The van der Waals surface area contributed by atoms with E-state index in [9.17, 15) is 14.7 Å². The predicted molar refractivity (Wildman–Crippen MR) is 85.8 cm³/mol. The van der Waals surface area contributed by atoms with Crippen LogP contribution in [0.2, 0.25) is 0 Å². The first-order valence-electron chi connectivity index (χ1n) is 6.70. The molecule has 0 spiro atoms. The molecule has 0 fully saturated rings. The maximum absolute atomic E-state index is 11.7. The van der Waals surface area contributed by atoms with Gasteiger partial charge in [0.2, 0.25) is 0 Å². The normalized spacial score (nSPS) is 12.5. The molecule has 2 amide bonds. The van der Waals surface area contributed by atoms with E-state index in [1.54, 1.807) is 36.0 Å². The Hall–Kier alpha value is -1.69. The average molecular weight is 310 g/mol. The number of urea groups is 1. The van der Waals surface area contributed by atoms with Gasteiger partial charge in [-0.1, -0.05) is 30.3 Å². The number of nitrogens with one attached hydrogen (secondary N) is 2. The molecule has 0 aliphatic heterocycles. The minimum Gasteiger partial charge on any atom is -0.481 e.